The van der Waals surface area contributed by atoms with Gasteiger partial charge in [0, 0.05) is 36.6 Å². The van der Waals surface area contributed by atoms with E-state index in [-0.39, 0.29) is 30.9 Å². The summed E-state index contributed by atoms with van der Waals surface area (Å²) in [6, 6.07) is 21.1. The number of nitrogens with one attached hydrogen (secondary N) is 2. The van der Waals surface area contributed by atoms with Crippen LogP contribution in [-0.4, -0.2) is 47.1 Å². The first kappa shape index (κ1) is 24.7. The highest BCUT2D eigenvalue weighted by molar-refractivity contribution is 5.96. The lowest BCUT2D eigenvalue weighted by Gasteiger charge is -2.14. The monoisotopic (exact) mass is 461 g/mol. The molecule has 0 aliphatic rings. The van der Waals surface area contributed by atoms with Gasteiger partial charge in [-0.05, 0) is 48.2 Å². The normalized spacial score (nSPS) is 11.3. The number of nitrogens with two attached hydrogens (primary N) is 1. The number of hydrogen-bond acceptors (Lipinski definition) is 4. The molecule has 178 valence electrons. The molecule has 34 heavy (non-hydrogen) atoms. The lowest BCUT2D eigenvalue weighted by atomic mass is 10.1. The highest BCUT2D eigenvalue weighted by Gasteiger charge is 2.16. The van der Waals surface area contributed by atoms with Crippen molar-refractivity contribution in [2.24, 2.45) is 10.7 Å². The molecule has 0 unspecified atom stereocenters. The molecule has 1 heterocycles. The van der Waals surface area contributed by atoms with Crippen LogP contribution in [0.4, 0.5) is 0 Å². The van der Waals surface area contributed by atoms with Crippen molar-refractivity contribution < 1.29 is 14.7 Å². The zero-order valence-corrected chi connectivity index (χ0v) is 19.3. The van der Waals surface area contributed by atoms with E-state index in [0.29, 0.717) is 25.1 Å². The molecule has 5 N–H and O–H groups in total. The van der Waals surface area contributed by atoms with Gasteiger partial charge in [-0.3, -0.25) is 19.9 Å². The first-order valence-corrected chi connectivity index (χ1v) is 11.4. The van der Waals surface area contributed by atoms with Crippen LogP contribution in [-0.2, 0) is 11.3 Å². The van der Waals surface area contributed by atoms with E-state index in [4.69, 9.17) is 10.8 Å². The topological polar surface area (TPSA) is 122 Å². The van der Waals surface area contributed by atoms with Crippen LogP contribution in [0.25, 0.3) is 22.5 Å². The van der Waals surface area contributed by atoms with Crippen LogP contribution in [0.3, 0.4) is 0 Å². The number of carbonyl (C=O) groups excluding carboxylic acids is 2. The smallest absolute Gasteiger partial charge is 0.251 e. The zero-order chi connectivity index (χ0) is 24.3. The first-order chi connectivity index (χ1) is 16.5. The van der Waals surface area contributed by atoms with Crippen molar-refractivity contribution in [3.05, 3.63) is 72.3 Å². The second-order valence-corrected chi connectivity index (χ2v) is 7.78. The van der Waals surface area contributed by atoms with Gasteiger partial charge >= 0.3 is 0 Å². The summed E-state index contributed by atoms with van der Waals surface area (Å²) in [4.78, 5) is 29.1. The summed E-state index contributed by atoms with van der Waals surface area (Å²) >= 11 is 0. The third-order valence-electron chi connectivity index (χ3n) is 5.20. The molecule has 1 aromatic heterocycles. The fraction of sp³-hybridized carbons (Fsp3) is 0.269. The Bertz CT molecular complexity index is 1120. The second kappa shape index (κ2) is 12.4. The maximum atomic E-state index is 12.8. The van der Waals surface area contributed by atoms with Crippen molar-refractivity contribution in [1.29, 1.82) is 0 Å². The van der Waals surface area contributed by atoms with Crippen LogP contribution in [0.1, 0.15) is 30.1 Å². The van der Waals surface area contributed by atoms with Crippen LogP contribution >= 0.6 is 0 Å². The molecule has 0 aliphatic heterocycles. The van der Waals surface area contributed by atoms with Crippen molar-refractivity contribution in [2.75, 3.05) is 19.7 Å². The molecular weight excluding hydrogens is 430 g/mol. The molecule has 2 amide bonds. The van der Waals surface area contributed by atoms with Gasteiger partial charge in [-0.25, -0.2) is 0 Å². The second-order valence-electron chi connectivity index (χ2n) is 7.78. The Morgan fingerprint density at radius 2 is 1.62 bits per heavy atom. The number of benzene rings is 2. The van der Waals surface area contributed by atoms with E-state index >= 15 is 0 Å². The third-order valence-corrected chi connectivity index (χ3v) is 5.20. The summed E-state index contributed by atoms with van der Waals surface area (Å²) < 4.78 is 1.91. The average Bonchev–Trinajstić information content (AvgIpc) is 3.26. The first-order valence-electron chi connectivity index (χ1n) is 11.4. The van der Waals surface area contributed by atoms with Crippen molar-refractivity contribution >= 4 is 17.8 Å². The Balaban J connectivity index is 1.88. The molecule has 3 aromatic rings. The molecule has 0 saturated carbocycles. The van der Waals surface area contributed by atoms with E-state index in [9.17, 15) is 9.59 Å². The Kier molecular flexibility index (Phi) is 8.99. The zero-order valence-electron chi connectivity index (χ0n) is 19.3. The molecule has 0 fully saturated rings. The highest BCUT2D eigenvalue weighted by Crippen LogP contribution is 2.29. The maximum Gasteiger partial charge on any atom is 0.251 e. The van der Waals surface area contributed by atoms with E-state index < -0.39 is 0 Å². The Morgan fingerprint density at radius 1 is 0.971 bits per heavy atom. The number of guanidine groups is 1. The molecule has 0 atom stereocenters. The summed E-state index contributed by atoms with van der Waals surface area (Å²) in [5, 5.41) is 14.4. The van der Waals surface area contributed by atoms with Gasteiger partial charge in [0.15, 0.2) is 5.96 Å². The van der Waals surface area contributed by atoms with E-state index in [1.54, 1.807) is 12.1 Å². The Morgan fingerprint density at radius 3 is 2.24 bits per heavy atom. The molecule has 0 bridgehead atoms. The number of aliphatic hydroxyl groups is 1. The van der Waals surface area contributed by atoms with Gasteiger partial charge in [0.25, 0.3) is 5.91 Å². The van der Waals surface area contributed by atoms with Crippen LogP contribution in [0.15, 0.2) is 71.7 Å². The number of amides is 2. The van der Waals surface area contributed by atoms with Crippen molar-refractivity contribution in [1.82, 2.24) is 15.2 Å². The predicted molar refractivity (Wildman–Crippen MR) is 134 cm³/mol. The number of aromatic nitrogens is 1. The fourth-order valence-electron chi connectivity index (χ4n) is 3.52. The van der Waals surface area contributed by atoms with Crippen molar-refractivity contribution in [3.8, 4) is 22.5 Å². The Labute approximate surface area is 199 Å². The van der Waals surface area contributed by atoms with Crippen LogP contribution < -0.4 is 16.4 Å². The third kappa shape index (κ3) is 6.55. The predicted octanol–water partition coefficient (Wildman–Crippen LogP) is 2.78. The maximum absolute atomic E-state index is 12.8. The van der Waals surface area contributed by atoms with E-state index in [1.165, 1.54) is 0 Å². The van der Waals surface area contributed by atoms with E-state index in [1.807, 2.05) is 66.1 Å². The number of rotatable bonds is 10. The SMILES string of the molecule is CCCNC(=O)c1ccc(-c2ccc(-c3ccccc3)n2CC(=O)NC(N)=NCCCO)cc1. The number of nitrogens with zero attached hydrogens (tertiary/aromatic N) is 2. The summed E-state index contributed by atoms with van der Waals surface area (Å²) in [6.45, 7) is 3.02. The van der Waals surface area contributed by atoms with Gasteiger partial charge in [-0.15, -0.1) is 0 Å². The lowest BCUT2D eigenvalue weighted by Crippen LogP contribution is -2.39. The van der Waals surface area contributed by atoms with Gasteiger partial charge in [0.05, 0.1) is 0 Å². The van der Waals surface area contributed by atoms with Crippen LogP contribution in [0.5, 0.6) is 0 Å². The van der Waals surface area contributed by atoms with Gasteiger partial charge in [-0.1, -0.05) is 49.4 Å². The number of aliphatic imine (C=N–C) groups is 1. The minimum atomic E-state index is -0.310. The molecular formula is C26H31N5O3. The standard InChI is InChI=1S/C26H31N5O3/c1-2-15-28-25(34)21-11-9-20(10-12-21)23-14-13-22(19-7-4-3-5-8-19)31(23)18-24(33)30-26(27)29-16-6-17-32/h3-5,7-14,32H,2,6,15-18H2,1H3,(H,28,34)(H3,27,29,30,33). The summed E-state index contributed by atoms with van der Waals surface area (Å²) in [7, 11) is 0. The summed E-state index contributed by atoms with van der Waals surface area (Å²) in [6.07, 6.45) is 1.35. The van der Waals surface area contributed by atoms with Gasteiger partial charge < -0.3 is 20.7 Å². The largest absolute Gasteiger partial charge is 0.396 e. The molecule has 8 nitrogen and oxygen atoms in total. The molecule has 0 aliphatic carbocycles. The quantitative estimate of drug-likeness (QED) is 0.211. The molecule has 0 saturated heterocycles. The number of aliphatic hydroxyl groups excluding tert-OH is 1. The highest BCUT2D eigenvalue weighted by atomic mass is 16.3. The molecule has 3 rings (SSSR count). The summed E-state index contributed by atoms with van der Waals surface area (Å²) in [5.74, 6) is -0.393. The minimum absolute atomic E-state index is 0.0109. The number of hydrogen-bond donors (Lipinski definition) is 4. The van der Waals surface area contributed by atoms with Gasteiger partial charge in [-0.2, -0.15) is 0 Å². The molecule has 0 radical (unpaired) electrons. The van der Waals surface area contributed by atoms with Crippen molar-refractivity contribution in [2.45, 2.75) is 26.3 Å². The number of carbonyl (C=O) groups is 2. The summed E-state index contributed by atoms with van der Waals surface area (Å²) in [5.41, 5.74) is 9.97. The van der Waals surface area contributed by atoms with Gasteiger partial charge in [0.2, 0.25) is 5.91 Å². The minimum Gasteiger partial charge on any atom is -0.396 e. The van der Waals surface area contributed by atoms with E-state index in [0.717, 1.165) is 28.9 Å². The molecule has 2 aromatic carbocycles. The molecule has 0 spiro atoms. The van der Waals surface area contributed by atoms with Crippen LogP contribution in [0.2, 0.25) is 0 Å². The molecule has 8 heteroatoms. The van der Waals surface area contributed by atoms with Gasteiger partial charge in [0.1, 0.15) is 6.54 Å². The lowest BCUT2D eigenvalue weighted by molar-refractivity contribution is -0.120. The van der Waals surface area contributed by atoms with Crippen LogP contribution in [0, 0.1) is 0 Å². The fourth-order valence-corrected chi connectivity index (χ4v) is 3.52. The van der Waals surface area contributed by atoms with Crippen molar-refractivity contribution in [3.63, 3.8) is 0 Å². The average molecular weight is 462 g/mol. The van der Waals surface area contributed by atoms with E-state index in [2.05, 4.69) is 15.6 Å². The Hall–Kier alpha value is -3.91.